The molecule has 1 aliphatic heterocycles. The molecule has 4 fully saturated rings. The summed E-state index contributed by atoms with van der Waals surface area (Å²) in [4.78, 5) is 26.9. The third-order valence-corrected chi connectivity index (χ3v) is 5.90. The topological polar surface area (TPSA) is 37.4 Å². The van der Waals surface area contributed by atoms with Crippen molar-refractivity contribution in [1.29, 1.82) is 0 Å². The van der Waals surface area contributed by atoms with Crippen LogP contribution in [0.1, 0.15) is 51.4 Å². The van der Waals surface area contributed by atoms with Crippen LogP contribution in [-0.2, 0) is 9.59 Å². The molecule has 0 aromatic carbocycles. The van der Waals surface area contributed by atoms with Gasteiger partial charge in [0, 0.05) is 6.04 Å². The summed E-state index contributed by atoms with van der Waals surface area (Å²) < 4.78 is 0. The lowest BCUT2D eigenvalue weighted by Crippen LogP contribution is -2.42. The first-order valence-corrected chi connectivity index (χ1v) is 7.64. The molecule has 0 aromatic heterocycles. The Labute approximate surface area is 108 Å². The molecule has 18 heavy (non-hydrogen) atoms. The molecule has 4 rings (SSSR count). The summed E-state index contributed by atoms with van der Waals surface area (Å²) in [6.45, 7) is 0. The molecule has 3 saturated carbocycles. The number of carbonyl (C=O) groups is 2. The van der Waals surface area contributed by atoms with Crippen molar-refractivity contribution in [3.63, 3.8) is 0 Å². The molecule has 3 nitrogen and oxygen atoms in total. The fourth-order valence-electron chi connectivity index (χ4n) is 5.13. The van der Waals surface area contributed by atoms with E-state index >= 15 is 0 Å². The lowest BCUT2D eigenvalue weighted by molar-refractivity contribution is -0.144. The zero-order valence-corrected chi connectivity index (χ0v) is 10.8. The zero-order valence-electron chi connectivity index (χ0n) is 10.8. The molecular formula is C15H21NO2. The lowest BCUT2D eigenvalue weighted by atomic mass is 9.81. The highest BCUT2D eigenvalue weighted by Crippen LogP contribution is 2.56. The van der Waals surface area contributed by atoms with Gasteiger partial charge in [0.15, 0.2) is 0 Å². The first-order chi connectivity index (χ1) is 8.77. The maximum absolute atomic E-state index is 12.6. The van der Waals surface area contributed by atoms with E-state index in [1.807, 2.05) is 0 Å². The standard InChI is InChI=1S/C15H21NO2/c17-14-12-9-6-7-10(8-9)13(12)15(18)16(14)11-4-2-1-3-5-11/h9-13H,1-8H2/t9-,10+,12-,13-/m0/s1. The molecule has 1 heterocycles. The quantitative estimate of drug-likeness (QED) is 0.667. The number of likely N-dealkylation sites (tertiary alicyclic amines) is 1. The highest BCUT2D eigenvalue weighted by Gasteiger charge is 2.61. The first-order valence-electron chi connectivity index (χ1n) is 7.64. The average molecular weight is 247 g/mol. The highest BCUT2D eigenvalue weighted by atomic mass is 16.2. The summed E-state index contributed by atoms with van der Waals surface area (Å²) in [5.41, 5.74) is 0. The second-order valence-electron chi connectivity index (χ2n) is 6.72. The summed E-state index contributed by atoms with van der Waals surface area (Å²) in [6.07, 6.45) is 9.25. The number of hydrogen-bond donors (Lipinski definition) is 0. The second kappa shape index (κ2) is 3.82. The Bertz CT molecular complexity index is 371. The van der Waals surface area contributed by atoms with E-state index < -0.39 is 0 Å². The van der Waals surface area contributed by atoms with Gasteiger partial charge in [-0.2, -0.15) is 0 Å². The van der Waals surface area contributed by atoms with Gasteiger partial charge in [-0.25, -0.2) is 0 Å². The molecule has 0 spiro atoms. The van der Waals surface area contributed by atoms with E-state index in [0.717, 1.165) is 19.3 Å². The molecule has 0 aromatic rings. The van der Waals surface area contributed by atoms with Crippen molar-refractivity contribution in [3.8, 4) is 0 Å². The number of nitrogens with zero attached hydrogens (tertiary/aromatic N) is 1. The van der Waals surface area contributed by atoms with Crippen molar-refractivity contribution >= 4 is 11.8 Å². The number of amides is 2. The van der Waals surface area contributed by atoms with Gasteiger partial charge in [0.05, 0.1) is 11.8 Å². The monoisotopic (exact) mass is 247 g/mol. The third kappa shape index (κ3) is 1.31. The smallest absolute Gasteiger partial charge is 0.233 e. The Hall–Kier alpha value is -0.860. The van der Waals surface area contributed by atoms with Crippen molar-refractivity contribution in [2.45, 2.75) is 57.4 Å². The van der Waals surface area contributed by atoms with E-state index in [4.69, 9.17) is 0 Å². The van der Waals surface area contributed by atoms with Gasteiger partial charge in [0.25, 0.3) is 0 Å². The number of hydrogen-bond acceptors (Lipinski definition) is 2. The van der Waals surface area contributed by atoms with E-state index in [1.54, 1.807) is 4.90 Å². The molecule has 0 radical (unpaired) electrons. The Balaban J connectivity index is 1.62. The molecule has 4 aliphatic rings. The van der Waals surface area contributed by atoms with Crippen LogP contribution in [0.5, 0.6) is 0 Å². The minimum atomic E-state index is 0.0816. The van der Waals surface area contributed by atoms with Gasteiger partial charge in [-0.1, -0.05) is 19.3 Å². The highest BCUT2D eigenvalue weighted by molar-refractivity contribution is 6.06. The minimum absolute atomic E-state index is 0.0816. The predicted molar refractivity (Wildman–Crippen MR) is 66.5 cm³/mol. The second-order valence-corrected chi connectivity index (χ2v) is 6.72. The molecular weight excluding hydrogens is 226 g/mol. The van der Waals surface area contributed by atoms with Crippen molar-refractivity contribution in [1.82, 2.24) is 4.90 Å². The van der Waals surface area contributed by atoms with Gasteiger partial charge >= 0.3 is 0 Å². The van der Waals surface area contributed by atoms with Crippen LogP contribution < -0.4 is 0 Å². The Morgan fingerprint density at radius 1 is 0.778 bits per heavy atom. The minimum Gasteiger partial charge on any atom is -0.279 e. The normalized spacial score (nSPS) is 43.9. The van der Waals surface area contributed by atoms with Gasteiger partial charge in [-0.3, -0.25) is 14.5 Å². The van der Waals surface area contributed by atoms with Crippen molar-refractivity contribution in [2.24, 2.45) is 23.7 Å². The fraction of sp³-hybridized carbons (Fsp3) is 0.867. The van der Waals surface area contributed by atoms with E-state index in [9.17, 15) is 9.59 Å². The lowest BCUT2D eigenvalue weighted by Gasteiger charge is -2.30. The Morgan fingerprint density at radius 3 is 1.89 bits per heavy atom. The number of rotatable bonds is 1. The van der Waals surface area contributed by atoms with Crippen LogP contribution in [0, 0.1) is 23.7 Å². The molecule has 2 bridgehead atoms. The van der Waals surface area contributed by atoms with E-state index in [2.05, 4.69) is 0 Å². The van der Waals surface area contributed by atoms with Gasteiger partial charge in [0.1, 0.15) is 0 Å². The van der Waals surface area contributed by atoms with Crippen molar-refractivity contribution in [3.05, 3.63) is 0 Å². The maximum atomic E-state index is 12.6. The number of carbonyl (C=O) groups excluding carboxylic acids is 2. The molecule has 98 valence electrons. The Kier molecular flexibility index (Phi) is 2.33. The van der Waals surface area contributed by atoms with Crippen LogP contribution in [0.4, 0.5) is 0 Å². The summed E-state index contributed by atoms with van der Waals surface area (Å²) >= 11 is 0. The van der Waals surface area contributed by atoms with Crippen LogP contribution in [-0.4, -0.2) is 22.8 Å². The van der Waals surface area contributed by atoms with Crippen molar-refractivity contribution in [2.75, 3.05) is 0 Å². The maximum Gasteiger partial charge on any atom is 0.233 e. The van der Waals surface area contributed by atoms with Crippen LogP contribution in [0.3, 0.4) is 0 Å². The van der Waals surface area contributed by atoms with Crippen LogP contribution in [0.2, 0.25) is 0 Å². The van der Waals surface area contributed by atoms with Gasteiger partial charge in [0.2, 0.25) is 11.8 Å². The van der Waals surface area contributed by atoms with E-state index in [1.165, 1.54) is 32.1 Å². The zero-order chi connectivity index (χ0) is 12.3. The van der Waals surface area contributed by atoms with Crippen LogP contribution >= 0.6 is 0 Å². The summed E-state index contributed by atoms with van der Waals surface area (Å²) in [5, 5.41) is 0. The van der Waals surface area contributed by atoms with E-state index in [-0.39, 0.29) is 29.7 Å². The fourth-order valence-corrected chi connectivity index (χ4v) is 5.13. The SMILES string of the molecule is O=C1[C@H]2[C@@H]3CC[C@@H](C3)[C@@H]2C(=O)N1C1CCCCC1. The average Bonchev–Trinajstić information content (AvgIpc) is 3.05. The van der Waals surface area contributed by atoms with Crippen molar-refractivity contribution < 1.29 is 9.59 Å². The predicted octanol–water partition coefficient (Wildman–Crippen LogP) is 2.35. The van der Waals surface area contributed by atoms with Gasteiger partial charge < -0.3 is 0 Å². The molecule has 4 atom stereocenters. The molecule has 0 unspecified atom stereocenters. The third-order valence-electron chi connectivity index (χ3n) is 5.90. The number of imide groups is 1. The molecule has 0 N–H and O–H groups in total. The molecule has 3 aliphatic carbocycles. The van der Waals surface area contributed by atoms with Crippen LogP contribution in [0.15, 0.2) is 0 Å². The summed E-state index contributed by atoms with van der Waals surface area (Å²) in [5.74, 6) is 1.62. The van der Waals surface area contributed by atoms with E-state index in [0.29, 0.717) is 11.8 Å². The largest absolute Gasteiger partial charge is 0.279 e. The number of fused-ring (bicyclic) bond motifs is 5. The summed E-state index contributed by atoms with van der Waals surface area (Å²) in [6, 6.07) is 0.240. The molecule has 1 saturated heterocycles. The Morgan fingerprint density at radius 2 is 1.33 bits per heavy atom. The van der Waals surface area contributed by atoms with Gasteiger partial charge in [-0.15, -0.1) is 0 Å². The first kappa shape index (κ1) is 11.0. The van der Waals surface area contributed by atoms with Crippen LogP contribution in [0.25, 0.3) is 0 Å². The summed E-state index contributed by atoms with van der Waals surface area (Å²) in [7, 11) is 0. The molecule has 2 amide bonds. The molecule has 3 heteroatoms. The van der Waals surface area contributed by atoms with Gasteiger partial charge in [-0.05, 0) is 43.9 Å².